The molecule has 5 nitrogen and oxygen atoms in total. The lowest BCUT2D eigenvalue weighted by Crippen LogP contribution is -2.17. The number of nitrogens with one attached hydrogen (secondary N) is 2. The first-order valence-corrected chi connectivity index (χ1v) is 8.95. The highest BCUT2D eigenvalue weighted by molar-refractivity contribution is 7.89. The van der Waals surface area contributed by atoms with Gasteiger partial charge in [0, 0.05) is 18.3 Å². The van der Waals surface area contributed by atoms with Crippen molar-refractivity contribution in [3.05, 3.63) is 65.9 Å². The standard InChI is InChI=1S/C17H19N3O2S/c18-23(21,22)16-4-1-13(2-5-16)7-9-19-12-14-3-6-17-15(11-14)8-10-20-17/h1-6,8,10-11,19-20H,7,9,12H2,(H2,18,21,22). The van der Waals surface area contributed by atoms with Gasteiger partial charge < -0.3 is 10.3 Å². The van der Waals surface area contributed by atoms with E-state index < -0.39 is 10.0 Å². The lowest BCUT2D eigenvalue weighted by molar-refractivity contribution is 0.597. The molecule has 0 aliphatic rings. The molecule has 3 rings (SSSR count). The third-order valence-electron chi connectivity index (χ3n) is 3.79. The minimum absolute atomic E-state index is 0.147. The molecular formula is C17H19N3O2S. The van der Waals surface area contributed by atoms with Crippen molar-refractivity contribution < 1.29 is 8.42 Å². The number of benzene rings is 2. The Balaban J connectivity index is 1.51. The number of nitrogens with two attached hydrogens (primary N) is 1. The molecule has 0 unspecified atom stereocenters. The van der Waals surface area contributed by atoms with Crippen molar-refractivity contribution in [3.63, 3.8) is 0 Å². The Morgan fingerprint density at radius 3 is 2.48 bits per heavy atom. The van der Waals surface area contributed by atoms with Crippen molar-refractivity contribution in [2.75, 3.05) is 6.54 Å². The number of hydrogen-bond donors (Lipinski definition) is 3. The highest BCUT2D eigenvalue weighted by atomic mass is 32.2. The molecule has 0 atom stereocenters. The number of aromatic nitrogens is 1. The van der Waals surface area contributed by atoms with E-state index in [9.17, 15) is 8.42 Å². The quantitative estimate of drug-likeness (QED) is 0.606. The Morgan fingerprint density at radius 1 is 1.00 bits per heavy atom. The number of rotatable bonds is 6. The van der Waals surface area contributed by atoms with Crippen LogP contribution in [0.5, 0.6) is 0 Å². The van der Waals surface area contributed by atoms with Crippen LogP contribution >= 0.6 is 0 Å². The fraction of sp³-hybridized carbons (Fsp3) is 0.176. The average Bonchev–Trinajstić information content (AvgIpc) is 2.99. The average molecular weight is 329 g/mol. The molecular weight excluding hydrogens is 310 g/mol. The van der Waals surface area contributed by atoms with E-state index in [-0.39, 0.29) is 4.90 Å². The zero-order valence-corrected chi connectivity index (χ0v) is 13.4. The van der Waals surface area contributed by atoms with Crippen LogP contribution in [0.1, 0.15) is 11.1 Å². The predicted molar refractivity (Wildman–Crippen MR) is 91.5 cm³/mol. The third kappa shape index (κ3) is 3.98. The summed E-state index contributed by atoms with van der Waals surface area (Å²) in [5.74, 6) is 0. The molecule has 1 aromatic heterocycles. The van der Waals surface area contributed by atoms with Gasteiger partial charge in [0.1, 0.15) is 0 Å². The van der Waals surface area contributed by atoms with Crippen LogP contribution in [0.2, 0.25) is 0 Å². The van der Waals surface area contributed by atoms with E-state index in [1.807, 2.05) is 6.20 Å². The summed E-state index contributed by atoms with van der Waals surface area (Å²) >= 11 is 0. The van der Waals surface area contributed by atoms with Gasteiger partial charge in [0.2, 0.25) is 10.0 Å². The second-order valence-electron chi connectivity index (χ2n) is 5.52. The minimum Gasteiger partial charge on any atom is -0.361 e. The van der Waals surface area contributed by atoms with Crippen LogP contribution in [0.15, 0.2) is 59.6 Å². The molecule has 1 heterocycles. The summed E-state index contributed by atoms with van der Waals surface area (Å²) < 4.78 is 22.4. The molecule has 23 heavy (non-hydrogen) atoms. The van der Waals surface area contributed by atoms with Crippen molar-refractivity contribution >= 4 is 20.9 Å². The molecule has 0 aliphatic heterocycles. The second-order valence-corrected chi connectivity index (χ2v) is 7.08. The lowest BCUT2D eigenvalue weighted by Gasteiger charge is -2.06. The molecule has 0 aliphatic carbocycles. The van der Waals surface area contributed by atoms with Crippen molar-refractivity contribution in [2.45, 2.75) is 17.9 Å². The summed E-state index contributed by atoms with van der Waals surface area (Å²) in [4.78, 5) is 3.33. The van der Waals surface area contributed by atoms with Crippen LogP contribution in [-0.4, -0.2) is 19.9 Å². The minimum atomic E-state index is -3.61. The Hall–Kier alpha value is -2.15. The maximum Gasteiger partial charge on any atom is 0.238 e. The largest absolute Gasteiger partial charge is 0.361 e. The summed E-state index contributed by atoms with van der Waals surface area (Å²) in [7, 11) is -3.61. The van der Waals surface area contributed by atoms with Gasteiger partial charge in [-0.15, -0.1) is 0 Å². The Bertz CT molecular complexity index is 899. The maximum atomic E-state index is 11.2. The zero-order valence-electron chi connectivity index (χ0n) is 12.6. The van der Waals surface area contributed by atoms with Gasteiger partial charge >= 0.3 is 0 Å². The number of aromatic amines is 1. The predicted octanol–water partition coefficient (Wildman–Crippen LogP) is 2.15. The molecule has 0 saturated heterocycles. The van der Waals surface area contributed by atoms with Gasteiger partial charge in [-0.2, -0.15) is 0 Å². The van der Waals surface area contributed by atoms with E-state index in [1.165, 1.54) is 10.9 Å². The van der Waals surface area contributed by atoms with Gasteiger partial charge in [0.25, 0.3) is 0 Å². The Labute approximate surface area is 135 Å². The molecule has 6 heteroatoms. The highest BCUT2D eigenvalue weighted by Crippen LogP contribution is 2.14. The van der Waals surface area contributed by atoms with Gasteiger partial charge in [-0.1, -0.05) is 18.2 Å². The van der Waals surface area contributed by atoms with Crippen molar-refractivity contribution in [1.29, 1.82) is 0 Å². The van der Waals surface area contributed by atoms with Crippen molar-refractivity contribution in [3.8, 4) is 0 Å². The maximum absolute atomic E-state index is 11.2. The van der Waals surface area contributed by atoms with Gasteiger partial charge in [-0.3, -0.25) is 0 Å². The Kier molecular flexibility index (Phi) is 4.47. The molecule has 4 N–H and O–H groups in total. The van der Waals surface area contributed by atoms with E-state index in [1.54, 1.807) is 24.3 Å². The van der Waals surface area contributed by atoms with Gasteiger partial charge in [0.05, 0.1) is 4.90 Å². The molecule has 0 saturated carbocycles. The van der Waals surface area contributed by atoms with Crippen LogP contribution < -0.4 is 10.5 Å². The molecule has 0 bridgehead atoms. The summed E-state index contributed by atoms with van der Waals surface area (Å²) in [6.07, 6.45) is 2.77. The number of fused-ring (bicyclic) bond motifs is 1. The topological polar surface area (TPSA) is 88.0 Å². The van der Waals surface area contributed by atoms with E-state index in [0.717, 1.165) is 30.6 Å². The third-order valence-corrected chi connectivity index (χ3v) is 4.72. The Morgan fingerprint density at radius 2 is 1.74 bits per heavy atom. The van der Waals surface area contributed by atoms with E-state index in [4.69, 9.17) is 5.14 Å². The first-order chi connectivity index (χ1) is 11.0. The lowest BCUT2D eigenvalue weighted by atomic mass is 10.1. The normalized spacial score (nSPS) is 11.9. The molecule has 120 valence electrons. The monoisotopic (exact) mass is 329 g/mol. The second kappa shape index (κ2) is 6.54. The SMILES string of the molecule is NS(=O)(=O)c1ccc(CCNCc2ccc3[nH]ccc3c2)cc1. The summed E-state index contributed by atoms with van der Waals surface area (Å²) in [5.41, 5.74) is 3.45. The summed E-state index contributed by atoms with van der Waals surface area (Å²) in [5, 5.41) is 9.69. The van der Waals surface area contributed by atoms with Gasteiger partial charge in [-0.25, -0.2) is 13.6 Å². The van der Waals surface area contributed by atoms with Gasteiger partial charge in [-0.05, 0) is 59.8 Å². The van der Waals surface area contributed by atoms with Crippen LogP contribution in [0, 0.1) is 0 Å². The van der Waals surface area contributed by atoms with Crippen LogP contribution in [0.25, 0.3) is 10.9 Å². The molecule has 3 aromatic rings. The smallest absolute Gasteiger partial charge is 0.238 e. The van der Waals surface area contributed by atoms with Crippen molar-refractivity contribution in [1.82, 2.24) is 10.3 Å². The van der Waals surface area contributed by atoms with Gasteiger partial charge in [0.15, 0.2) is 0 Å². The fourth-order valence-corrected chi connectivity index (χ4v) is 3.04. The molecule has 2 aromatic carbocycles. The first-order valence-electron chi connectivity index (χ1n) is 7.41. The summed E-state index contributed by atoms with van der Waals surface area (Å²) in [6.45, 7) is 1.62. The van der Waals surface area contributed by atoms with Crippen LogP contribution in [-0.2, 0) is 23.0 Å². The molecule has 0 radical (unpaired) electrons. The highest BCUT2D eigenvalue weighted by Gasteiger charge is 2.06. The fourth-order valence-electron chi connectivity index (χ4n) is 2.52. The number of H-pyrrole nitrogens is 1. The number of primary sulfonamides is 1. The summed E-state index contributed by atoms with van der Waals surface area (Å²) in [6, 6.07) is 15.1. The molecule has 0 spiro atoms. The van der Waals surface area contributed by atoms with Crippen LogP contribution in [0.3, 0.4) is 0 Å². The molecule has 0 fully saturated rings. The number of hydrogen-bond acceptors (Lipinski definition) is 3. The first kappa shape index (κ1) is 15.7. The zero-order chi connectivity index (χ0) is 16.3. The van der Waals surface area contributed by atoms with E-state index in [2.05, 4.69) is 34.6 Å². The van der Waals surface area contributed by atoms with E-state index >= 15 is 0 Å². The number of sulfonamides is 1. The van der Waals surface area contributed by atoms with E-state index in [0.29, 0.717) is 0 Å². The van der Waals surface area contributed by atoms with Crippen molar-refractivity contribution in [2.24, 2.45) is 5.14 Å². The molecule has 0 amide bonds. The van der Waals surface area contributed by atoms with Crippen LogP contribution in [0.4, 0.5) is 0 Å².